The first-order chi connectivity index (χ1) is 37.3. The summed E-state index contributed by atoms with van der Waals surface area (Å²) in [6.07, 6.45) is -0.320. The lowest BCUT2D eigenvalue weighted by atomic mass is 10.1. The molecule has 4 fully saturated rings. The summed E-state index contributed by atoms with van der Waals surface area (Å²) in [5.74, 6) is -4.83. The van der Waals surface area contributed by atoms with Crippen LogP contribution < -0.4 is 13.9 Å². The molecule has 0 aliphatic carbocycles. The summed E-state index contributed by atoms with van der Waals surface area (Å²) in [4.78, 5) is 46.2. The van der Waals surface area contributed by atoms with Crippen LogP contribution in [0.4, 0.5) is 33.7 Å². The minimum Gasteiger partial charge on any atom is -0.465 e. The topological polar surface area (TPSA) is 182 Å². The van der Waals surface area contributed by atoms with Crippen molar-refractivity contribution in [3.8, 4) is 0 Å². The number of amides is 1. The third-order valence-corrected chi connectivity index (χ3v) is 18.1. The number of carbonyl (C=O) groups is 3. The molecule has 4 heterocycles. The number of ether oxygens (including phenoxy) is 3. The molecule has 80 heavy (non-hydrogen) atoms. The maximum atomic E-state index is 15.0. The minimum atomic E-state index is -4.03. The molecule has 0 unspecified atom stereocenters. The zero-order valence-electron chi connectivity index (χ0n) is 45.0. The van der Waals surface area contributed by atoms with Crippen molar-refractivity contribution in [2.45, 2.75) is 51.5 Å². The fraction of sp³-hybridized carbons (Fsp3) is 0.491. The van der Waals surface area contributed by atoms with Gasteiger partial charge in [-0.25, -0.2) is 48.8 Å². The first-order valence-electron chi connectivity index (χ1n) is 25.6. The van der Waals surface area contributed by atoms with Crippen LogP contribution >= 0.6 is 35.6 Å². The fourth-order valence-corrected chi connectivity index (χ4v) is 12.5. The maximum absolute atomic E-state index is 15.0. The van der Waals surface area contributed by atoms with Crippen LogP contribution in [0.25, 0.3) is 0 Å². The highest BCUT2D eigenvalue weighted by Gasteiger charge is 2.39. The van der Waals surface area contributed by atoms with Gasteiger partial charge in [-0.3, -0.25) is 28.2 Å². The predicted octanol–water partition coefficient (Wildman–Crippen LogP) is 6.73. The standard InChI is InChI=1S/C29H37ClF2N4O6S.C24H29ClF2N4O4S.ClH/c1-29(2,3)42-28(38)35-18-23(19-35)34-11-9-33(10-12-34)13-14-43(39,40)36(22-7-8-25(31)24(30)16-22)17-21-6-5-20(15-26(21)32)27(37)41-4;1-35-24(32)17-2-3-18(23(27)12-17)16-31(19-4-5-22(26)21(25)13-19)36(33,34)11-10-29-6-8-30(9-7-29)20-14-28-15-20;/h5-8,15-16,23H,9-14,17-19H2,1-4H3;2-5,12-13,20,28H,6-11,14-16H2,1H3;1H. The van der Waals surface area contributed by atoms with Crippen molar-refractivity contribution >= 4 is 85.1 Å². The van der Waals surface area contributed by atoms with Crippen LogP contribution in [0.2, 0.25) is 10.0 Å². The Kier molecular flexibility index (Phi) is 22.3. The van der Waals surface area contributed by atoms with Gasteiger partial charge in [-0.15, -0.1) is 12.4 Å². The van der Waals surface area contributed by atoms with Crippen LogP contribution in [0, 0.1) is 23.3 Å². The zero-order chi connectivity index (χ0) is 57.4. The van der Waals surface area contributed by atoms with Gasteiger partial charge in [0.2, 0.25) is 20.0 Å². The van der Waals surface area contributed by atoms with Gasteiger partial charge in [0.05, 0.1) is 71.4 Å². The molecule has 4 aromatic carbocycles. The molecule has 0 bridgehead atoms. The molecule has 27 heteroatoms. The molecule has 4 aliphatic rings. The molecule has 0 radical (unpaired) electrons. The number of nitrogens with zero attached hydrogens (tertiary/aromatic N) is 7. The molecule has 440 valence electrons. The summed E-state index contributed by atoms with van der Waals surface area (Å²) < 4.78 is 128. The molecule has 4 aromatic rings. The minimum absolute atomic E-state index is 0. The number of benzene rings is 4. The Morgan fingerprint density at radius 2 is 1.00 bits per heavy atom. The van der Waals surface area contributed by atoms with Crippen LogP contribution in [0.3, 0.4) is 0 Å². The SMILES string of the molecule is COC(=O)c1ccc(CN(c2ccc(F)c(Cl)c2)S(=O)(=O)CCN2CCN(C3CN(C(=O)OC(C)(C)C)C3)CC2)c(F)c1.COC(=O)c1ccc(CN(c2ccc(F)c(Cl)c2)S(=O)(=O)CCN2CCN(C3CNC3)CC2)c(F)c1.Cl. The van der Waals surface area contributed by atoms with Gasteiger partial charge in [0.15, 0.2) is 0 Å². The number of carbonyl (C=O) groups excluding carboxylic acids is 3. The van der Waals surface area contributed by atoms with E-state index in [4.69, 9.17) is 27.9 Å². The summed E-state index contributed by atoms with van der Waals surface area (Å²) in [7, 11) is -5.61. The third-order valence-electron chi connectivity index (χ3n) is 14.1. The first-order valence-corrected chi connectivity index (χ1v) is 29.6. The van der Waals surface area contributed by atoms with Crippen LogP contribution in [-0.2, 0) is 47.3 Å². The van der Waals surface area contributed by atoms with Gasteiger partial charge in [0.25, 0.3) is 0 Å². The average Bonchev–Trinajstić information content (AvgIpc) is 3.48. The second-order valence-electron chi connectivity index (χ2n) is 20.5. The molecule has 0 spiro atoms. The number of nitrogens with one attached hydrogen (secondary N) is 1. The van der Waals surface area contributed by atoms with Crippen molar-refractivity contribution in [1.82, 2.24) is 29.8 Å². The zero-order valence-corrected chi connectivity index (χ0v) is 49.0. The van der Waals surface area contributed by atoms with Gasteiger partial charge in [0.1, 0.15) is 28.9 Å². The van der Waals surface area contributed by atoms with Gasteiger partial charge in [-0.1, -0.05) is 35.3 Å². The number of hydrogen-bond donors (Lipinski definition) is 1. The maximum Gasteiger partial charge on any atom is 0.410 e. The lowest BCUT2D eigenvalue weighted by Gasteiger charge is -2.48. The third kappa shape index (κ3) is 16.8. The van der Waals surface area contributed by atoms with E-state index in [1.54, 1.807) is 4.90 Å². The largest absolute Gasteiger partial charge is 0.465 e. The smallest absolute Gasteiger partial charge is 0.410 e. The summed E-state index contributed by atoms with van der Waals surface area (Å²) in [6.45, 7) is 14.5. The molecule has 18 nitrogen and oxygen atoms in total. The number of esters is 2. The molecule has 4 saturated heterocycles. The number of sulfonamides is 2. The van der Waals surface area contributed by atoms with Crippen molar-refractivity contribution in [3.63, 3.8) is 0 Å². The van der Waals surface area contributed by atoms with E-state index >= 15 is 0 Å². The van der Waals surface area contributed by atoms with Gasteiger partial charge in [-0.2, -0.15) is 0 Å². The van der Waals surface area contributed by atoms with E-state index in [0.29, 0.717) is 38.8 Å². The number of rotatable bonds is 18. The summed E-state index contributed by atoms with van der Waals surface area (Å²) >= 11 is 11.9. The summed E-state index contributed by atoms with van der Waals surface area (Å²) in [5.41, 5.74) is -0.264. The second kappa shape index (κ2) is 27.8. The van der Waals surface area contributed by atoms with Gasteiger partial charge in [-0.05, 0) is 81.4 Å². The van der Waals surface area contributed by atoms with Crippen molar-refractivity contribution < 1.29 is 63.0 Å². The fourth-order valence-electron chi connectivity index (χ4n) is 9.24. The average molecular weight is 1220 g/mol. The van der Waals surface area contributed by atoms with E-state index in [0.717, 1.165) is 85.2 Å². The Hall–Kier alpha value is -5.02. The molecule has 1 amide bonds. The van der Waals surface area contributed by atoms with E-state index in [-0.39, 0.29) is 99.4 Å². The van der Waals surface area contributed by atoms with Crippen LogP contribution in [0.1, 0.15) is 52.6 Å². The van der Waals surface area contributed by atoms with E-state index in [2.05, 4.69) is 29.5 Å². The Balaban J connectivity index is 0.000000259. The monoisotopic (exact) mass is 1220 g/mol. The number of methoxy groups -OCH3 is 2. The molecule has 1 N–H and O–H groups in total. The van der Waals surface area contributed by atoms with Crippen LogP contribution in [0.5, 0.6) is 0 Å². The van der Waals surface area contributed by atoms with E-state index < -0.39 is 60.9 Å². The van der Waals surface area contributed by atoms with Gasteiger partial charge >= 0.3 is 18.0 Å². The normalized spacial score (nSPS) is 17.0. The number of hydrogen-bond acceptors (Lipinski definition) is 15. The Morgan fingerprint density at radius 3 is 1.34 bits per heavy atom. The highest BCUT2D eigenvalue weighted by atomic mass is 35.5. The van der Waals surface area contributed by atoms with Crippen LogP contribution in [-0.4, -0.2) is 194 Å². The molecular weight excluding hydrogens is 1160 g/mol. The predicted molar refractivity (Wildman–Crippen MR) is 300 cm³/mol. The molecule has 8 rings (SSSR count). The van der Waals surface area contributed by atoms with Crippen molar-refractivity contribution in [2.24, 2.45) is 0 Å². The van der Waals surface area contributed by atoms with Gasteiger partial charge < -0.3 is 24.4 Å². The lowest BCUT2D eigenvalue weighted by molar-refractivity contribution is -0.0243. The van der Waals surface area contributed by atoms with E-state index in [1.807, 2.05) is 25.7 Å². The highest BCUT2D eigenvalue weighted by Crippen LogP contribution is 2.30. The van der Waals surface area contributed by atoms with E-state index in [1.165, 1.54) is 62.8 Å². The Bertz CT molecular complexity index is 3050. The molecule has 0 atom stereocenters. The van der Waals surface area contributed by atoms with Crippen molar-refractivity contribution in [3.05, 3.63) is 128 Å². The molecule has 0 aromatic heterocycles. The van der Waals surface area contributed by atoms with Crippen molar-refractivity contribution in [2.75, 3.05) is 126 Å². The Labute approximate surface area is 481 Å². The number of likely N-dealkylation sites (tertiary alicyclic amines) is 1. The van der Waals surface area contributed by atoms with Crippen LogP contribution in [0.15, 0.2) is 72.8 Å². The molecular formula is C53H67Cl3F4N8O10S2. The number of anilines is 2. The number of piperazine rings is 2. The second-order valence-corrected chi connectivity index (χ2v) is 25.4. The van der Waals surface area contributed by atoms with Gasteiger partial charge in [0, 0.05) is 115 Å². The summed E-state index contributed by atoms with van der Waals surface area (Å²) in [5, 5.41) is 2.76. The first kappa shape index (κ1) is 64.2. The summed E-state index contributed by atoms with van der Waals surface area (Å²) in [6, 6.07) is 15.2. The molecule has 4 aliphatic heterocycles. The Morgan fingerprint density at radius 1 is 0.600 bits per heavy atom. The highest BCUT2D eigenvalue weighted by molar-refractivity contribution is 7.93. The molecule has 0 saturated carbocycles. The lowest BCUT2D eigenvalue weighted by Crippen LogP contribution is -2.64. The van der Waals surface area contributed by atoms with E-state index in [9.17, 15) is 48.8 Å². The number of halogens is 7. The van der Waals surface area contributed by atoms with Crippen molar-refractivity contribution in [1.29, 1.82) is 0 Å². The quantitative estimate of drug-likeness (QED) is 0.0629.